The second-order valence-electron chi connectivity index (χ2n) is 7.62. The SMILES string of the molecule is Cc1cc(C)n(CCCNC(=NCC(=O)N(C)C)NCCCN2CCOCC2)n1.I. The molecule has 9 nitrogen and oxygen atoms in total. The van der Waals surface area contributed by atoms with Gasteiger partial charge in [0.15, 0.2) is 5.96 Å². The molecule has 30 heavy (non-hydrogen) atoms. The van der Waals surface area contributed by atoms with E-state index in [1.165, 1.54) is 5.69 Å². The molecule has 0 radical (unpaired) electrons. The lowest BCUT2D eigenvalue weighted by Crippen LogP contribution is -2.41. The van der Waals surface area contributed by atoms with Gasteiger partial charge < -0.3 is 20.3 Å². The smallest absolute Gasteiger partial charge is 0.243 e. The van der Waals surface area contributed by atoms with Gasteiger partial charge >= 0.3 is 0 Å². The zero-order chi connectivity index (χ0) is 21.1. The number of guanidine groups is 1. The molecule has 1 saturated heterocycles. The lowest BCUT2D eigenvalue weighted by molar-refractivity contribution is -0.127. The predicted molar refractivity (Wildman–Crippen MR) is 131 cm³/mol. The second kappa shape index (κ2) is 14.6. The number of aliphatic imine (C=N–C) groups is 1. The molecule has 1 amide bonds. The lowest BCUT2D eigenvalue weighted by Gasteiger charge is -2.26. The normalized spacial score (nSPS) is 14.9. The summed E-state index contributed by atoms with van der Waals surface area (Å²) in [5, 5.41) is 11.2. The number of amides is 1. The molecule has 0 spiro atoms. The molecule has 0 aliphatic carbocycles. The van der Waals surface area contributed by atoms with Gasteiger partial charge in [-0.1, -0.05) is 0 Å². The van der Waals surface area contributed by atoms with Crippen molar-refractivity contribution in [3.8, 4) is 0 Å². The van der Waals surface area contributed by atoms with E-state index in [1.54, 1.807) is 19.0 Å². The van der Waals surface area contributed by atoms with Crippen LogP contribution >= 0.6 is 24.0 Å². The quantitative estimate of drug-likeness (QED) is 0.200. The maximum absolute atomic E-state index is 11.9. The Labute approximate surface area is 197 Å². The van der Waals surface area contributed by atoms with Gasteiger partial charge in [-0.15, -0.1) is 24.0 Å². The van der Waals surface area contributed by atoms with Crippen molar-refractivity contribution in [1.29, 1.82) is 0 Å². The van der Waals surface area contributed by atoms with E-state index in [4.69, 9.17) is 4.74 Å². The summed E-state index contributed by atoms with van der Waals surface area (Å²) in [6, 6.07) is 2.09. The number of hydrogen-bond acceptors (Lipinski definition) is 5. The minimum Gasteiger partial charge on any atom is -0.379 e. The average molecular weight is 535 g/mol. The van der Waals surface area contributed by atoms with Gasteiger partial charge in [-0.3, -0.25) is 14.4 Å². The van der Waals surface area contributed by atoms with Gasteiger partial charge in [-0.2, -0.15) is 5.10 Å². The Kier molecular flexibility index (Phi) is 12.9. The third kappa shape index (κ3) is 10.1. The van der Waals surface area contributed by atoms with Crippen LogP contribution in [0.3, 0.4) is 0 Å². The Morgan fingerprint density at radius 3 is 2.37 bits per heavy atom. The van der Waals surface area contributed by atoms with Crippen molar-refractivity contribution in [3.05, 3.63) is 17.5 Å². The summed E-state index contributed by atoms with van der Waals surface area (Å²) in [4.78, 5) is 20.3. The van der Waals surface area contributed by atoms with Crippen LogP contribution in [0.2, 0.25) is 0 Å². The third-order valence-electron chi connectivity index (χ3n) is 4.86. The van der Waals surface area contributed by atoms with Crippen LogP contribution in [0.15, 0.2) is 11.1 Å². The lowest BCUT2D eigenvalue weighted by atomic mass is 10.3. The molecule has 0 bridgehead atoms. The van der Waals surface area contributed by atoms with Crippen molar-refractivity contribution in [2.75, 3.05) is 66.6 Å². The van der Waals surface area contributed by atoms with Crippen molar-refractivity contribution < 1.29 is 9.53 Å². The zero-order valence-electron chi connectivity index (χ0n) is 18.8. The first-order valence-corrected chi connectivity index (χ1v) is 10.5. The minimum atomic E-state index is -0.0120. The van der Waals surface area contributed by atoms with Crippen molar-refractivity contribution >= 4 is 35.8 Å². The Morgan fingerprint density at radius 2 is 1.80 bits per heavy atom. The van der Waals surface area contributed by atoms with E-state index in [0.717, 1.165) is 71.0 Å². The summed E-state index contributed by atoms with van der Waals surface area (Å²) >= 11 is 0. The van der Waals surface area contributed by atoms with Crippen LogP contribution < -0.4 is 10.6 Å². The molecule has 0 aromatic carbocycles. The van der Waals surface area contributed by atoms with Crippen molar-refractivity contribution in [1.82, 2.24) is 30.2 Å². The molecular formula is C20H38IN7O2. The summed E-state index contributed by atoms with van der Waals surface area (Å²) in [6.07, 6.45) is 1.95. The first-order chi connectivity index (χ1) is 14.0. The van der Waals surface area contributed by atoms with Gasteiger partial charge in [0.1, 0.15) is 6.54 Å². The van der Waals surface area contributed by atoms with Crippen LogP contribution in [0.25, 0.3) is 0 Å². The van der Waals surface area contributed by atoms with Crippen LogP contribution in [0.5, 0.6) is 0 Å². The number of ether oxygens (including phenoxy) is 1. The van der Waals surface area contributed by atoms with E-state index in [2.05, 4.69) is 38.6 Å². The number of aromatic nitrogens is 2. The maximum Gasteiger partial charge on any atom is 0.243 e. The van der Waals surface area contributed by atoms with Crippen LogP contribution in [0.1, 0.15) is 24.2 Å². The number of nitrogens with one attached hydrogen (secondary N) is 2. The van der Waals surface area contributed by atoms with Gasteiger partial charge in [-0.25, -0.2) is 4.99 Å². The van der Waals surface area contributed by atoms with Crippen LogP contribution in [-0.2, 0) is 16.1 Å². The fourth-order valence-corrected chi connectivity index (χ4v) is 3.13. The van der Waals surface area contributed by atoms with Gasteiger partial charge in [0, 0.05) is 52.5 Å². The highest BCUT2D eigenvalue weighted by Gasteiger charge is 2.10. The molecule has 2 rings (SSSR count). The van der Waals surface area contributed by atoms with Crippen molar-refractivity contribution in [3.63, 3.8) is 0 Å². The van der Waals surface area contributed by atoms with E-state index < -0.39 is 0 Å². The molecule has 172 valence electrons. The van der Waals surface area contributed by atoms with Crippen LogP contribution in [0, 0.1) is 13.8 Å². The molecule has 1 aromatic rings. The molecule has 1 aromatic heterocycles. The van der Waals surface area contributed by atoms with E-state index >= 15 is 0 Å². The highest BCUT2D eigenvalue weighted by atomic mass is 127. The minimum absolute atomic E-state index is 0. The third-order valence-corrected chi connectivity index (χ3v) is 4.86. The second-order valence-corrected chi connectivity index (χ2v) is 7.62. The molecule has 1 aliphatic rings. The average Bonchev–Trinajstić information content (AvgIpc) is 3.03. The molecule has 2 heterocycles. The van der Waals surface area contributed by atoms with Gasteiger partial charge in [-0.05, 0) is 39.3 Å². The molecule has 1 fully saturated rings. The zero-order valence-corrected chi connectivity index (χ0v) is 21.1. The molecule has 2 N–H and O–H groups in total. The molecule has 0 unspecified atom stereocenters. The largest absolute Gasteiger partial charge is 0.379 e. The fourth-order valence-electron chi connectivity index (χ4n) is 3.13. The molecular weight excluding hydrogens is 497 g/mol. The Morgan fingerprint density at radius 1 is 1.17 bits per heavy atom. The molecule has 10 heteroatoms. The first kappa shape index (κ1) is 26.6. The maximum atomic E-state index is 11.9. The molecule has 1 aliphatic heterocycles. The van der Waals surface area contributed by atoms with Crippen molar-refractivity contribution in [2.45, 2.75) is 33.2 Å². The Hall–Kier alpha value is -1.40. The number of carbonyl (C=O) groups is 1. The van der Waals surface area contributed by atoms with Gasteiger partial charge in [0.2, 0.25) is 5.91 Å². The molecule has 0 atom stereocenters. The van der Waals surface area contributed by atoms with Crippen LogP contribution in [0.4, 0.5) is 0 Å². The monoisotopic (exact) mass is 535 g/mol. The van der Waals surface area contributed by atoms with E-state index in [-0.39, 0.29) is 36.4 Å². The summed E-state index contributed by atoms with van der Waals surface area (Å²) < 4.78 is 7.41. The number of hydrogen-bond donors (Lipinski definition) is 2. The van der Waals surface area contributed by atoms with Crippen LogP contribution in [-0.4, -0.2) is 98.0 Å². The highest BCUT2D eigenvalue weighted by Crippen LogP contribution is 2.02. The van der Waals surface area contributed by atoms with Gasteiger partial charge in [0.05, 0.1) is 18.9 Å². The van der Waals surface area contributed by atoms with E-state index in [0.29, 0.717) is 5.96 Å². The Balaban J connectivity index is 0.00000450. The molecule has 0 saturated carbocycles. The standard InChI is InChI=1S/C20H37N7O2.HI/c1-17-15-18(2)27(24-17)10-6-8-22-20(23-16-19(28)25(3)4)21-7-5-9-26-11-13-29-14-12-26;/h15H,5-14,16H2,1-4H3,(H2,21,22,23);1H. The fraction of sp³-hybridized carbons (Fsp3) is 0.750. The summed E-state index contributed by atoms with van der Waals surface area (Å²) in [5.41, 5.74) is 2.22. The number of rotatable bonds is 10. The highest BCUT2D eigenvalue weighted by molar-refractivity contribution is 14.0. The Bertz CT molecular complexity index is 658. The number of carbonyl (C=O) groups excluding carboxylic acids is 1. The summed E-state index contributed by atoms with van der Waals surface area (Å²) in [5.74, 6) is 0.678. The number of likely N-dealkylation sites (N-methyl/N-ethyl adjacent to an activating group) is 1. The number of halogens is 1. The number of nitrogens with zero attached hydrogens (tertiary/aromatic N) is 5. The topological polar surface area (TPSA) is 87.0 Å². The summed E-state index contributed by atoms with van der Waals surface area (Å²) in [7, 11) is 3.49. The van der Waals surface area contributed by atoms with E-state index in [1.807, 2.05) is 11.6 Å². The van der Waals surface area contributed by atoms with Gasteiger partial charge in [0.25, 0.3) is 0 Å². The predicted octanol–water partition coefficient (Wildman–Crippen LogP) is 0.854. The van der Waals surface area contributed by atoms with E-state index in [9.17, 15) is 4.79 Å². The summed E-state index contributed by atoms with van der Waals surface area (Å²) in [6.45, 7) is 11.4. The van der Waals surface area contributed by atoms with Crippen molar-refractivity contribution in [2.24, 2.45) is 4.99 Å². The first-order valence-electron chi connectivity index (χ1n) is 10.5. The number of morpholine rings is 1. The number of aryl methyl sites for hydroxylation is 3.